The molecule has 4 nitrogen and oxygen atoms in total. The van der Waals surface area contributed by atoms with E-state index in [1.165, 1.54) is 4.90 Å². The molecule has 1 saturated heterocycles. The zero-order valence-corrected chi connectivity index (χ0v) is 11.6. The summed E-state index contributed by atoms with van der Waals surface area (Å²) in [6, 6.07) is 9.54. The molecule has 104 valence electrons. The number of nitrogens with zero attached hydrogens (tertiary/aromatic N) is 1. The van der Waals surface area contributed by atoms with Crippen LogP contribution in [0.25, 0.3) is 0 Å². The van der Waals surface area contributed by atoms with Crippen LogP contribution in [0, 0.1) is 5.92 Å². The third-order valence-electron chi connectivity index (χ3n) is 3.71. The highest BCUT2D eigenvalue weighted by atomic mass is 16.6. The van der Waals surface area contributed by atoms with Crippen molar-refractivity contribution in [2.45, 2.75) is 39.1 Å². The summed E-state index contributed by atoms with van der Waals surface area (Å²) >= 11 is 0. The van der Waals surface area contributed by atoms with Gasteiger partial charge in [-0.25, -0.2) is 0 Å². The third kappa shape index (κ3) is 2.80. The van der Waals surface area contributed by atoms with Crippen LogP contribution in [0.4, 0.5) is 0 Å². The zero-order chi connectivity index (χ0) is 14.0. The van der Waals surface area contributed by atoms with Gasteiger partial charge in [0.2, 0.25) is 12.3 Å². The smallest absolute Gasteiger partial charge is 0.240 e. The largest absolute Gasteiger partial charge is 0.351 e. The lowest BCUT2D eigenvalue weighted by molar-refractivity contribution is -0.167. The molecule has 3 atom stereocenters. The van der Waals surface area contributed by atoms with Gasteiger partial charge in [0.05, 0.1) is 18.6 Å². The molecular weight excluding hydrogens is 242 g/mol. The highest BCUT2D eigenvalue weighted by molar-refractivity contribution is 5.83. The van der Waals surface area contributed by atoms with E-state index in [2.05, 4.69) is 0 Å². The molecule has 4 heteroatoms. The van der Waals surface area contributed by atoms with Gasteiger partial charge in [0.25, 0.3) is 0 Å². The summed E-state index contributed by atoms with van der Waals surface area (Å²) in [4.78, 5) is 14.0. The minimum absolute atomic E-state index is 0.0614. The molecule has 0 saturated carbocycles. The molecule has 1 unspecified atom stereocenters. The Morgan fingerprint density at radius 2 is 1.95 bits per heavy atom. The number of aliphatic hydroxyl groups excluding tert-OH is 1. The zero-order valence-electron chi connectivity index (χ0n) is 11.6. The molecule has 1 amide bonds. The number of benzene rings is 1. The first-order valence-corrected chi connectivity index (χ1v) is 6.69. The minimum Gasteiger partial charge on any atom is -0.351 e. The molecule has 1 aliphatic rings. The molecule has 1 heterocycles. The van der Waals surface area contributed by atoms with Crippen LogP contribution in [0.5, 0.6) is 0 Å². The van der Waals surface area contributed by atoms with E-state index < -0.39 is 6.41 Å². The van der Waals surface area contributed by atoms with Crippen LogP contribution in [-0.2, 0) is 9.53 Å². The third-order valence-corrected chi connectivity index (χ3v) is 3.71. The second-order valence-corrected chi connectivity index (χ2v) is 5.35. The number of hydrogen-bond donors (Lipinski definition) is 1. The SMILES string of the molecule is CC(C)[C@@H]1COC(O)N1C(=O)[C@@H](C)c1ccccc1. The van der Waals surface area contributed by atoms with Gasteiger partial charge < -0.3 is 9.84 Å². The fraction of sp³-hybridized carbons (Fsp3) is 0.533. The van der Waals surface area contributed by atoms with E-state index in [9.17, 15) is 9.90 Å². The molecule has 0 radical (unpaired) electrons. The van der Waals surface area contributed by atoms with Gasteiger partial charge in [0.15, 0.2) is 0 Å². The topological polar surface area (TPSA) is 49.8 Å². The second-order valence-electron chi connectivity index (χ2n) is 5.35. The van der Waals surface area contributed by atoms with Crippen molar-refractivity contribution in [3.63, 3.8) is 0 Å². The lowest BCUT2D eigenvalue weighted by atomic mass is 9.97. The molecule has 0 spiro atoms. The number of ether oxygens (including phenoxy) is 1. The number of hydrogen-bond acceptors (Lipinski definition) is 3. The number of rotatable bonds is 3. The maximum atomic E-state index is 12.6. The molecule has 0 aliphatic carbocycles. The minimum atomic E-state index is -1.12. The van der Waals surface area contributed by atoms with Gasteiger partial charge in [-0.1, -0.05) is 44.2 Å². The van der Waals surface area contributed by atoms with Crippen molar-refractivity contribution >= 4 is 5.91 Å². The Balaban J connectivity index is 2.18. The van der Waals surface area contributed by atoms with Gasteiger partial charge in [0, 0.05) is 0 Å². The Morgan fingerprint density at radius 1 is 1.32 bits per heavy atom. The monoisotopic (exact) mass is 263 g/mol. The number of amides is 1. The predicted molar refractivity (Wildman–Crippen MR) is 72.3 cm³/mol. The van der Waals surface area contributed by atoms with Gasteiger partial charge in [-0.2, -0.15) is 0 Å². The van der Waals surface area contributed by atoms with Crippen molar-refractivity contribution in [1.82, 2.24) is 4.90 Å². The Labute approximate surface area is 114 Å². The molecule has 1 aliphatic heterocycles. The summed E-state index contributed by atoms with van der Waals surface area (Å²) in [6.07, 6.45) is -1.12. The molecule has 0 bridgehead atoms. The Kier molecular flexibility index (Phi) is 4.22. The van der Waals surface area contributed by atoms with Gasteiger partial charge in [0.1, 0.15) is 0 Å². The number of carbonyl (C=O) groups excluding carboxylic acids is 1. The van der Waals surface area contributed by atoms with E-state index in [-0.39, 0.29) is 23.8 Å². The van der Waals surface area contributed by atoms with Crippen molar-refractivity contribution in [2.75, 3.05) is 6.61 Å². The summed E-state index contributed by atoms with van der Waals surface area (Å²) in [5.41, 5.74) is 0.953. The molecule has 1 fully saturated rings. The van der Waals surface area contributed by atoms with E-state index in [0.29, 0.717) is 6.61 Å². The summed E-state index contributed by atoms with van der Waals surface area (Å²) < 4.78 is 5.21. The van der Waals surface area contributed by atoms with Crippen molar-refractivity contribution < 1.29 is 14.6 Å². The number of carbonyl (C=O) groups is 1. The fourth-order valence-corrected chi connectivity index (χ4v) is 2.40. The van der Waals surface area contributed by atoms with E-state index in [0.717, 1.165) is 5.56 Å². The average Bonchev–Trinajstić information content (AvgIpc) is 2.80. The Bertz CT molecular complexity index is 432. The van der Waals surface area contributed by atoms with Crippen LogP contribution in [-0.4, -0.2) is 35.0 Å². The molecule has 1 aromatic rings. The Hall–Kier alpha value is -1.39. The van der Waals surface area contributed by atoms with Crippen LogP contribution < -0.4 is 0 Å². The lowest BCUT2D eigenvalue weighted by Crippen LogP contribution is -2.46. The van der Waals surface area contributed by atoms with Gasteiger partial charge in [-0.15, -0.1) is 0 Å². The highest BCUT2D eigenvalue weighted by Crippen LogP contribution is 2.27. The maximum absolute atomic E-state index is 12.6. The van der Waals surface area contributed by atoms with Crippen molar-refractivity contribution in [1.29, 1.82) is 0 Å². The van der Waals surface area contributed by atoms with Crippen molar-refractivity contribution in [2.24, 2.45) is 5.92 Å². The molecule has 1 aromatic carbocycles. The van der Waals surface area contributed by atoms with Crippen LogP contribution >= 0.6 is 0 Å². The predicted octanol–water partition coefficient (Wildman–Crippen LogP) is 1.95. The van der Waals surface area contributed by atoms with Crippen LogP contribution in [0.1, 0.15) is 32.3 Å². The summed E-state index contributed by atoms with van der Waals surface area (Å²) in [7, 11) is 0. The van der Waals surface area contributed by atoms with Crippen LogP contribution in [0.15, 0.2) is 30.3 Å². The summed E-state index contributed by atoms with van der Waals surface area (Å²) in [5, 5.41) is 9.86. The van der Waals surface area contributed by atoms with Crippen molar-refractivity contribution in [3.8, 4) is 0 Å². The van der Waals surface area contributed by atoms with E-state index in [4.69, 9.17) is 4.74 Å². The first-order valence-electron chi connectivity index (χ1n) is 6.69. The molecule has 1 N–H and O–H groups in total. The van der Waals surface area contributed by atoms with E-state index >= 15 is 0 Å². The van der Waals surface area contributed by atoms with Gasteiger partial charge in [-0.3, -0.25) is 9.69 Å². The normalized spacial score (nSPS) is 24.8. The molecule has 2 rings (SSSR count). The van der Waals surface area contributed by atoms with E-state index in [1.807, 2.05) is 51.1 Å². The first-order chi connectivity index (χ1) is 9.02. The summed E-state index contributed by atoms with van der Waals surface area (Å²) in [5.74, 6) is -0.113. The average molecular weight is 263 g/mol. The van der Waals surface area contributed by atoms with E-state index in [1.54, 1.807) is 0 Å². The highest BCUT2D eigenvalue weighted by Gasteiger charge is 2.40. The second kappa shape index (κ2) is 5.72. The number of aliphatic hydroxyl groups is 1. The van der Waals surface area contributed by atoms with Crippen LogP contribution in [0.3, 0.4) is 0 Å². The summed E-state index contributed by atoms with van der Waals surface area (Å²) in [6.45, 7) is 6.31. The Morgan fingerprint density at radius 3 is 2.53 bits per heavy atom. The lowest BCUT2D eigenvalue weighted by Gasteiger charge is -2.30. The van der Waals surface area contributed by atoms with Crippen LogP contribution in [0.2, 0.25) is 0 Å². The van der Waals surface area contributed by atoms with Crippen molar-refractivity contribution in [3.05, 3.63) is 35.9 Å². The van der Waals surface area contributed by atoms with Gasteiger partial charge >= 0.3 is 0 Å². The molecular formula is C15H21NO3. The maximum Gasteiger partial charge on any atom is 0.240 e. The van der Waals surface area contributed by atoms with Gasteiger partial charge in [-0.05, 0) is 18.4 Å². The molecule has 0 aromatic heterocycles. The molecule has 19 heavy (non-hydrogen) atoms. The first kappa shape index (κ1) is 14.0. The fourth-order valence-electron chi connectivity index (χ4n) is 2.40. The standard InChI is InChI=1S/C15H21NO3/c1-10(2)13-9-19-15(18)16(13)14(17)11(3)12-7-5-4-6-8-12/h4-8,10-11,13,15,18H,9H2,1-3H3/t11-,13-,15?/m0/s1. The quantitative estimate of drug-likeness (QED) is 0.906.